The van der Waals surface area contributed by atoms with E-state index in [1.54, 1.807) is 4.90 Å². The minimum atomic E-state index is 0.170. The van der Waals surface area contributed by atoms with E-state index in [2.05, 4.69) is 34.7 Å². The van der Waals surface area contributed by atoms with Crippen molar-refractivity contribution in [3.05, 3.63) is 71.9 Å². The van der Waals surface area contributed by atoms with Crippen molar-refractivity contribution in [2.45, 2.75) is 19.4 Å². The first kappa shape index (κ1) is 17.2. The molecular formula is C21H25N3O. The molecule has 1 aromatic heterocycles. The SMILES string of the molecule is CN(Cc1ccccc1)C(=O)CCNCCc1c[nH]c2ccccc12. The molecule has 3 aromatic rings. The molecule has 3 rings (SSSR count). The predicted molar refractivity (Wildman–Crippen MR) is 102 cm³/mol. The predicted octanol–water partition coefficient (Wildman–Crippen LogP) is 3.35. The summed E-state index contributed by atoms with van der Waals surface area (Å²) in [4.78, 5) is 17.3. The fourth-order valence-electron chi connectivity index (χ4n) is 3.02. The highest BCUT2D eigenvalue weighted by Crippen LogP contribution is 2.17. The molecule has 130 valence electrons. The molecule has 0 spiro atoms. The Morgan fingerprint density at radius 2 is 1.80 bits per heavy atom. The molecule has 0 unspecified atom stereocenters. The Morgan fingerprint density at radius 3 is 2.64 bits per heavy atom. The number of hydrogen-bond acceptors (Lipinski definition) is 2. The maximum atomic E-state index is 12.2. The van der Waals surface area contributed by atoms with Gasteiger partial charge in [-0.15, -0.1) is 0 Å². The number of carbonyl (C=O) groups is 1. The van der Waals surface area contributed by atoms with Gasteiger partial charge in [0.15, 0.2) is 0 Å². The van der Waals surface area contributed by atoms with Gasteiger partial charge in [-0.2, -0.15) is 0 Å². The van der Waals surface area contributed by atoms with Crippen LogP contribution >= 0.6 is 0 Å². The average molecular weight is 335 g/mol. The Bertz CT molecular complexity index is 810. The molecule has 2 aromatic carbocycles. The van der Waals surface area contributed by atoms with Crippen LogP contribution in [-0.4, -0.2) is 35.9 Å². The molecule has 0 saturated heterocycles. The van der Waals surface area contributed by atoms with E-state index in [9.17, 15) is 4.79 Å². The Morgan fingerprint density at radius 1 is 1.04 bits per heavy atom. The topological polar surface area (TPSA) is 48.1 Å². The standard InChI is InChI=1S/C21H25N3O/c1-24(16-17-7-3-2-4-8-17)21(25)12-14-22-13-11-18-15-23-20-10-6-5-9-19(18)20/h2-10,15,22-23H,11-14,16H2,1H3. The van der Waals surface area contributed by atoms with Crippen LogP contribution in [0.4, 0.5) is 0 Å². The first-order valence-corrected chi connectivity index (χ1v) is 8.77. The van der Waals surface area contributed by atoms with Gasteiger partial charge in [0, 0.05) is 43.7 Å². The molecule has 4 nitrogen and oxygen atoms in total. The highest BCUT2D eigenvalue weighted by atomic mass is 16.2. The number of nitrogens with one attached hydrogen (secondary N) is 2. The second kappa shape index (κ2) is 8.49. The lowest BCUT2D eigenvalue weighted by molar-refractivity contribution is -0.130. The fourth-order valence-corrected chi connectivity index (χ4v) is 3.02. The van der Waals surface area contributed by atoms with E-state index in [4.69, 9.17) is 0 Å². The van der Waals surface area contributed by atoms with Crippen molar-refractivity contribution >= 4 is 16.8 Å². The minimum Gasteiger partial charge on any atom is -0.361 e. The smallest absolute Gasteiger partial charge is 0.223 e. The van der Waals surface area contributed by atoms with Gasteiger partial charge in [0.25, 0.3) is 0 Å². The third-order valence-electron chi connectivity index (χ3n) is 4.45. The molecule has 0 atom stereocenters. The van der Waals surface area contributed by atoms with E-state index >= 15 is 0 Å². The van der Waals surface area contributed by atoms with Crippen LogP contribution in [0.2, 0.25) is 0 Å². The average Bonchev–Trinajstić information content (AvgIpc) is 3.05. The molecule has 1 heterocycles. The minimum absolute atomic E-state index is 0.170. The molecule has 0 fully saturated rings. The van der Waals surface area contributed by atoms with E-state index in [1.165, 1.54) is 16.5 Å². The van der Waals surface area contributed by atoms with Gasteiger partial charge in [-0.1, -0.05) is 48.5 Å². The summed E-state index contributed by atoms with van der Waals surface area (Å²) >= 11 is 0. The molecule has 0 aliphatic carbocycles. The van der Waals surface area contributed by atoms with Crippen molar-refractivity contribution < 1.29 is 4.79 Å². The van der Waals surface area contributed by atoms with Crippen LogP contribution < -0.4 is 5.32 Å². The third kappa shape index (κ3) is 4.70. The molecule has 25 heavy (non-hydrogen) atoms. The number of hydrogen-bond donors (Lipinski definition) is 2. The molecule has 4 heteroatoms. The fraction of sp³-hybridized carbons (Fsp3) is 0.286. The van der Waals surface area contributed by atoms with Crippen LogP contribution in [0.5, 0.6) is 0 Å². The number of aromatic nitrogens is 1. The number of para-hydroxylation sites is 1. The molecule has 0 bridgehead atoms. The Balaban J connectivity index is 1.37. The van der Waals surface area contributed by atoms with Gasteiger partial charge >= 0.3 is 0 Å². The lowest BCUT2D eigenvalue weighted by Gasteiger charge is -2.17. The van der Waals surface area contributed by atoms with Crippen LogP contribution in [0.1, 0.15) is 17.5 Å². The summed E-state index contributed by atoms with van der Waals surface area (Å²) in [6, 6.07) is 18.4. The summed E-state index contributed by atoms with van der Waals surface area (Å²) in [5.74, 6) is 0.170. The van der Waals surface area contributed by atoms with Gasteiger partial charge in [-0.3, -0.25) is 4.79 Å². The van der Waals surface area contributed by atoms with Crippen molar-refractivity contribution in [2.75, 3.05) is 20.1 Å². The summed E-state index contributed by atoms with van der Waals surface area (Å²) in [5, 5.41) is 4.66. The largest absolute Gasteiger partial charge is 0.361 e. The number of aromatic amines is 1. The van der Waals surface area contributed by atoms with Crippen molar-refractivity contribution in [2.24, 2.45) is 0 Å². The first-order chi connectivity index (χ1) is 12.2. The van der Waals surface area contributed by atoms with E-state index < -0.39 is 0 Å². The zero-order valence-corrected chi connectivity index (χ0v) is 14.7. The first-order valence-electron chi connectivity index (χ1n) is 8.77. The van der Waals surface area contributed by atoms with Gasteiger partial charge in [-0.25, -0.2) is 0 Å². The highest BCUT2D eigenvalue weighted by molar-refractivity contribution is 5.83. The molecule has 0 saturated carbocycles. The molecular weight excluding hydrogens is 310 g/mol. The lowest BCUT2D eigenvalue weighted by atomic mass is 10.1. The maximum absolute atomic E-state index is 12.2. The van der Waals surface area contributed by atoms with Gasteiger partial charge in [0.05, 0.1) is 0 Å². The van der Waals surface area contributed by atoms with E-state index in [1.807, 2.05) is 43.4 Å². The summed E-state index contributed by atoms with van der Waals surface area (Å²) < 4.78 is 0. The Kier molecular flexibility index (Phi) is 5.86. The van der Waals surface area contributed by atoms with Crippen LogP contribution in [0.15, 0.2) is 60.8 Å². The number of amides is 1. The second-order valence-corrected chi connectivity index (χ2v) is 6.34. The number of nitrogens with zero attached hydrogens (tertiary/aromatic N) is 1. The summed E-state index contributed by atoms with van der Waals surface area (Å²) in [6.45, 7) is 2.24. The van der Waals surface area contributed by atoms with Crippen molar-refractivity contribution in [3.63, 3.8) is 0 Å². The molecule has 1 amide bonds. The number of benzene rings is 2. The number of H-pyrrole nitrogens is 1. The van der Waals surface area contributed by atoms with Crippen LogP contribution in [0.3, 0.4) is 0 Å². The normalized spacial score (nSPS) is 10.9. The van der Waals surface area contributed by atoms with Crippen molar-refractivity contribution in [3.8, 4) is 0 Å². The molecule has 0 aliphatic heterocycles. The zero-order valence-electron chi connectivity index (χ0n) is 14.7. The van der Waals surface area contributed by atoms with E-state index in [-0.39, 0.29) is 5.91 Å². The lowest BCUT2D eigenvalue weighted by Crippen LogP contribution is -2.30. The van der Waals surface area contributed by atoms with Crippen LogP contribution in [0, 0.1) is 0 Å². The summed E-state index contributed by atoms with van der Waals surface area (Å²) in [7, 11) is 1.86. The molecule has 0 radical (unpaired) electrons. The van der Waals surface area contributed by atoms with Crippen molar-refractivity contribution in [1.82, 2.24) is 15.2 Å². The number of fused-ring (bicyclic) bond motifs is 1. The van der Waals surface area contributed by atoms with Crippen LogP contribution in [0.25, 0.3) is 10.9 Å². The maximum Gasteiger partial charge on any atom is 0.223 e. The summed E-state index contributed by atoms with van der Waals surface area (Å²) in [5.41, 5.74) is 3.65. The van der Waals surface area contributed by atoms with Gasteiger partial charge in [0.2, 0.25) is 5.91 Å². The summed E-state index contributed by atoms with van der Waals surface area (Å²) in [6.07, 6.45) is 3.56. The van der Waals surface area contributed by atoms with Crippen LogP contribution in [-0.2, 0) is 17.8 Å². The Hall–Kier alpha value is -2.59. The van der Waals surface area contributed by atoms with Crippen molar-refractivity contribution in [1.29, 1.82) is 0 Å². The highest BCUT2D eigenvalue weighted by Gasteiger charge is 2.08. The second-order valence-electron chi connectivity index (χ2n) is 6.34. The van der Waals surface area contributed by atoms with E-state index in [0.29, 0.717) is 19.5 Å². The van der Waals surface area contributed by atoms with Gasteiger partial charge in [-0.05, 0) is 30.2 Å². The molecule has 0 aliphatic rings. The molecule has 2 N–H and O–H groups in total. The monoisotopic (exact) mass is 335 g/mol. The Labute approximate surface area is 148 Å². The quantitative estimate of drug-likeness (QED) is 0.620. The van der Waals surface area contributed by atoms with E-state index in [0.717, 1.165) is 18.5 Å². The van der Waals surface area contributed by atoms with Gasteiger partial charge < -0.3 is 15.2 Å². The number of carbonyl (C=O) groups excluding carboxylic acids is 1. The van der Waals surface area contributed by atoms with Gasteiger partial charge in [0.1, 0.15) is 0 Å². The zero-order chi connectivity index (χ0) is 17.5. The third-order valence-corrected chi connectivity index (χ3v) is 4.45. The number of rotatable bonds is 8.